The Labute approximate surface area is 380 Å². The molecule has 0 saturated heterocycles. The molecule has 4 rings (SSSR count). The van der Waals surface area contributed by atoms with Crippen LogP contribution in [0.5, 0.6) is 23.0 Å². The van der Waals surface area contributed by atoms with Crippen LogP contribution in [0.15, 0.2) is 105 Å². The molecule has 4 nitrogen and oxygen atoms in total. The first-order chi connectivity index (χ1) is 25.5. The van der Waals surface area contributed by atoms with Crippen molar-refractivity contribution in [2.75, 3.05) is 26.4 Å². The van der Waals surface area contributed by atoms with Gasteiger partial charge in [0.2, 0.25) is 0 Å². The Morgan fingerprint density at radius 1 is 0.463 bits per heavy atom. The zero-order chi connectivity index (χ0) is 39.8. The monoisotopic (exact) mass is 1170 g/mol. The average Bonchev–Trinajstić information content (AvgIpc) is 3.10. The fourth-order valence-electron chi connectivity index (χ4n) is 5.68. The number of hydrogen-bond acceptors (Lipinski definition) is 4. The third-order valence-electron chi connectivity index (χ3n) is 9.12. The molecule has 0 fully saturated rings. The van der Waals surface area contributed by atoms with Gasteiger partial charge in [0.25, 0.3) is 0 Å². The zero-order valence-corrected chi connectivity index (χ0v) is 41.8. The second-order valence-electron chi connectivity index (χ2n) is 13.7. The summed E-state index contributed by atoms with van der Waals surface area (Å²) in [7, 11) is 6.43. The van der Waals surface area contributed by atoms with Gasteiger partial charge in [-0.05, 0) is 202 Å². The van der Waals surface area contributed by atoms with Gasteiger partial charge in [0.1, 0.15) is 30.8 Å². The number of rotatable bonds is 19. The van der Waals surface area contributed by atoms with Crippen molar-refractivity contribution in [3.8, 4) is 23.0 Å². The Hall–Kier alpha value is -1.02. The normalized spacial score (nSPS) is 11.7. The van der Waals surface area contributed by atoms with E-state index < -0.39 is 0 Å². The van der Waals surface area contributed by atoms with E-state index in [1.54, 1.807) is 0 Å². The summed E-state index contributed by atoms with van der Waals surface area (Å²) in [6.07, 6.45) is 6.83. The van der Waals surface area contributed by atoms with Crippen LogP contribution >= 0.6 is 112 Å². The maximum atomic E-state index is 6.43. The maximum absolute atomic E-state index is 6.43. The second kappa shape index (κ2) is 20.6. The summed E-state index contributed by atoms with van der Waals surface area (Å²) in [4.78, 5) is 0. The van der Waals surface area contributed by atoms with Gasteiger partial charge in [-0.2, -0.15) is 0 Å². The Morgan fingerprint density at radius 2 is 0.722 bits per heavy atom. The lowest BCUT2D eigenvalue weighted by Crippen LogP contribution is -2.22. The predicted octanol–water partition coefficient (Wildman–Crippen LogP) is 14.6. The molecule has 54 heavy (non-hydrogen) atoms. The van der Waals surface area contributed by atoms with E-state index in [2.05, 4.69) is 195 Å². The number of hydrogen-bond donors (Lipinski definition) is 0. The second-order valence-corrected chi connectivity index (χ2v) is 19.7. The van der Waals surface area contributed by atoms with Gasteiger partial charge in [-0.3, -0.25) is 0 Å². The summed E-state index contributed by atoms with van der Waals surface area (Å²) < 4.78 is 30.5. The van der Waals surface area contributed by atoms with E-state index in [4.69, 9.17) is 26.8 Å². The summed E-state index contributed by atoms with van der Waals surface area (Å²) in [5, 5.41) is 0. The van der Waals surface area contributed by atoms with Gasteiger partial charge in [-0.25, -0.2) is 0 Å². The molecule has 4 aromatic rings. The first-order valence-electron chi connectivity index (χ1n) is 17.3. The van der Waals surface area contributed by atoms with Gasteiger partial charge in [-0.1, -0.05) is 51.4 Å². The molecule has 0 aliphatic rings. The standard InChI is InChI=1S/C42H42BBr7O4/c1-7-9-13-51-37-29(43)17-25(18-30(37)44)41(3,4)26-19-33(47)39(34(48)20-26)53-15-11-12-16-54-40-35(49)23-28(24-36(40)50)42(5,6)27-21-31(45)38(32(46)22-27)52-14-10-8-2/h7-8,17-24H,1-2,9-16H2,3-6H3. The summed E-state index contributed by atoms with van der Waals surface area (Å²) in [6, 6.07) is 16.8. The van der Waals surface area contributed by atoms with Gasteiger partial charge in [0, 0.05) is 10.8 Å². The van der Waals surface area contributed by atoms with Gasteiger partial charge >= 0.3 is 0 Å². The predicted molar refractivity (Wildman–Crippen MR) is 250 cm³/mol. The Bertz CT molecular complexity index is 1750. The summed E-state index contributed by atoms with van der Waals surface area (Å²) in [5.74, 6) is 2.97. The van der Waals surface area contributed by atoms with Gasteiger partial charge in [-0.15, -0.1) is 13.2 Å². The largest absolute Gasteiger partial charge is 0.493 e. The SMILES string of the molecule is [B]c1cc(C(C)(C)c2cc(Br)c(OCCCCOc3c(Br)cc(C(C)(C)c4cc(Br)c(OCCC=C)c(Br)c4)cc3Br)c(Br)c2)cc(Br)c1OCCC=C. The van der Waals surface area contributed by atoms with Crippen LogP contribution in [-0.4, -0.2) is 34.3 Å². The molecule has 286 valence electrons. The molecule has 2 radical (unpaired) electrons. The minimum absolute atomic E-state index is 0.306. The number of benzene rings is 4. The molecule has 0 aliphatic heterocycles. The number of unbranched alkanes of at least 4 members (excludes halogenated alkanes) is 1. The topological polar surface area (TPSA) is 36.9 Å². The molecule has 0 atom stereocenters. The molecule has 0 bridgehead atoms. The average molecular weight is 1180 g/mol. The van der Waals surface area contributed by atoms with Crippen molar-refractivity contribution in [1.82, 2.24) is 0 Å². The molecule has 4 aromatic carbocycles. The minimum Gasteiger partial charge on any atom is -0.493 e. The van der Waals surface area contributed by atoms with Crippen molar-refractivity contribution < 1.29 is 18.9 Å². The highest BCUT2D eigenvalue weighted by Gasteiger charge is 2.29. The molecule has 0 amide bonds. The number of ether oxygens (including phenoxy) is 4. The zero-order valence-electron chi connectivity index (χ0n) is 30.7. The first-order valence-corrected chi connectivity index (χ1v) is 22.9. The van der Waals surface area contributed by atoms with Crippen LogP contribution in [0.4, 0.5) is 0 Å². The lowest BCUT2D eigenvalue weighted by atomic mass is 9.76. The fraction of sp³-hybridized carbons (Fsp3) is 0.333. The molecular weight excluding hydrogens is 1140 g/mol. The van der Waals surface area contributed by atoms with Crippen LogP contribution in [0.2, 0.25) is 0 Å². The van der Waals surface area contributed by atoms with Crippen LogP contribution in [0.3, 0.4) is 0 Å². The van der Waals surface area contributed by atoms with Crippen molar-refractivity contribution in [3.63, 3.8) is 0 Å². The van der Waals surface area contributed by atoms with Gasteiger partial charge < -0.3 is 18.9 Å². The molecular formula is C42H42BBr7O4. The highest BCUT2D eigenvalue weighted by Crippen LogP contribution is 2.45. The van der Waals surface area contributed by atoms with E-state index in [-0.39, 0.29) is 10.8 Å². The van der Waals surface area contributed by atoms with Crippen LogP contribution < -0.4 is 24.4 Å². The van der Waals surface area contributed by atoms with Crippen LogP contribution in [-0.2, 0) is 10.8 Å². The van der Waals surface area contributed by atoms with E-state index >= 15 is 0 Å². The number of halogens is 7. The molecule has 0 aliphatic carbocycles. The van der Waals surface area contributed by atoms with Crippen molar-refractivity contribution >= 4 is 125 Å². The van der Waals surface area contributed by atoms with Crippen molar-refractivity contribution in [2.45, 2.75) is 64.2 Å². The molecule has 0 N–H and O–H groups in total. The van der Waals surface area contributed by atoms with Crippen molar-refractivity contribution in [3.05, 3.63) is 127 Å². The summed E-state index contributed by atoms with van der Waals surface area (Å²) >= 11 is 26.1. The van der Waals surface area contributed by atoms with Crippen LogP contribution in [0.25, 0.3) is 0 Å². The molecule has 0 spiro atoms. The molecule has 0 aromatic heterocycles. The van der Waals surface area contributed by atoms with E-state index in [0.717, 1.165) is 96.5 Å². The minimum atomic E-state index is -0.353. The molecule has 0 heterocycles. The quantitative estimate of drug-likeness (QED) is 0.0533. The lowest BCUT2D eigenvalue weighted by molar-refractivity contribution is 0.263. The van der Waals surface area contributed by atoms with Crippen molar-refractivity contribution in [1.29, 1.82) is 0 Å². The summed E-state index contributed by atoms with van der Waals surface area (Å²) in [6.45, 7) is 18.5. The smallest absolute Gasteiger partial charge is 0.147 e. The third-order valence-corrected chi connectivity index (χ3v) is 13.2. The fourth-order valence-corrected chi connectivity index (χ4v) is 10.5. The van der Waals surface area contributed by atoms with Crippen LogP contribution in [0, 0.1) is 0 Å². The maximum Gasteiger partial charge on any atom is 0.147 e. The van der Waals surface area contributed by atoms with Gasteiger partial charge in [0.15, 0.2) is 0 Å². The van der Waals surface area contributed by atoms with E-state index in [9.17, 15) is 0 Å². The van der Waals surface area contributed by atoms with Crippen LogP contribution in [0.1, 0.15) is 75.6 Å². The Balaban J connectivity index is 1.35. The molecule has 0 saturated carbocycles. The van der Waals surface area contributed by atoms with Gasteiger partial charge in [0.05, 0.1) is 57.7 Å². The van der Waals surface area contributed by atoms with E-state index in [1.165, 1.54) is 0 Å². The lowest BCUT2D eigenvalue weighted by Gasteiger charge is -2.29. The summed E-state index contributed by atoms with van der Waals surface area (Å²) in [5.41, 5.74) is 4.35. The van der Waals surface area contributed by atoms with E-state index in [0.29, 0.717) is 37.6 Å². The highest BCUT2D eigenvalue weighted by molar-refractivity contribution is 9.12. The highest BCUT2D eigenvalue weighted by atomic mass is 79.9. The Kier molecular flexibility index (Phi) is 17.4. The molecule has 12 heteroatoms. The van der Waals surface area contributed by atoms with E-state index in [1.807, 2.05) is 18.2 Å². The Morgan fingerprint density at radius 3 is 1.02 bits per heavy atom. The first kappa shape index (κ1) is 45.7. The third kappa shape index (κ3) is 11.3. The molecule has 0 unspecified atom stereocenters. The van der Waals surface area contributed by atoms with Crippen molar-refractivity contribution in [2.24, 2.45) is 0 Å².